The summed E-state index contributed by atoms with van der Waals surface area (Å²) in [6, 6.07) is 0. The minimum Gasteiger partial charge on any atom is -0.379 e. The summed E-state index contributed by atoms with van der Waals surface area (Å²) in [5.74, 6) is 0. The Hall–Kier alpha value is -0.200. The molecule has 1 aliphatic rings. The van der Waals surface area contributed by atoms with E-state index in [1.54, 1.807) is 0 Å². The van der Waals surface area contributed by atoms with Crippen LogP contribution in [-0.4, -0.2) is 65.6 Å². The van der Waals surface area contributed by atoms with Crippen LogP contribution >= 0.6 is 0 Å². The molecule has 1 rings (SSSR count). The van der Waals surface area contributed by atoms with Crippen LogP contribution in [0.2, 0.25) is 0 Å². The quantitative estimate of drug-likeness (QED) is 0.479. The second-order valence-corrected chi connectivity index (χ2v) is 4.55. The first kappa shape index (κ1) is 16.9. The largest absolute Gasteiger partial charge is 0.379 e. The van der Waals surface area contributed by atoms with Gasteiger partial charge in [0.2, 0.25) is 0 Å². The molecule has 1 aliphatic heterocycles. The van der Waals surface area contributed by atoms with Crippen LogP contribution in [0.1, 0.15) is 26.2 Å². The zero-order valence-corrected chi connectivity index (χ0v) is 12.1. The first-order valence-corrected chi connectivity index (χ1v) is 7.36. The van der Waals surface area contributed by atoms with Crippen LogP contribution in [0.3, 0.4) is 0 Å². The minimum absolute atomic E-state index is 0.298. The summed E-state index contributed by atoms with van der Waals surface area (Å²) in [5.41, 5.74) is 0. The first-order chi connectivity index (χ1) is 9.43. The molecule has 0 aromatic carbocycles. The molecule has 0 spiro atoms. The Bertz CT molecular complexity index is 183. The summed E-state index contributed by atoms with van der Waals surface area (Å²) in [6.45, 7) is 8.23. The molecule has 0 amide bonds. The maximum absolute atomic E-state index is 5.48. The van der Waals surface area contributed by atoms with Crippen molar-refractivity contribution in [3.8, 4) is 0 Å². The Labute approximate surface area is 116 Å². The average Bonchev–Trinajstić information content (AvgIpc) is 2.93. The highest BCUT2D eigenvalue weighted by atomic mass is 16.6. The molecular formula is C14H28O5. The fourth-order valence-electron chi connectivity index (χ4n) is 1.79. The molecule has 114 valence electrons. The van der Waals surface area contributed by atoms with Crippen LogP contribution in [0, 0.1) is 0 Å². The lowest BCUT2D eigenvalue weighted by Crippen LogP contribution is -2.17. The van der Waals surface area contributed by atoms with Gasteiger partial charge in [-0.15, -0.1) is 0 Å². The zero-order valence-electron chi connectivity index (χ0n) is 12.1. The van der Waals surface area contributed by atoms with Gasteiger partial charge in [0.05, 0.1) is 52.4 Å². The van der Waals surface area contributed by atoms with Crippen LogP contribution in [0.4, 0.5) is 0 Å². The molecule has 1 saturated heterocycles. The van der Waals surface area contributed by atoms with Gasteiger partial charge < -0.3 is 23.7 Å². The van der Waals surface area contributed by atoms with Gasteiger partial charge in [-0.2, -0.15) is 0 Å². The fourth-order valence-corrected chi connectivity index (χ4v) is 1.79. The van der Waals surface area contributed by atoms with E-state index in [9.17, 15) is 0 Å². The molecule has 1 fully saturated rings. The number of hydrogen-bond acceptors (Lipinski definition) is 5. The molecule has 0 bridgehead atoms. The standard InChI is InChI=1S/C14H28O5/c1-2-5-15-7-8-16-9-10-17-11-12-18-13-14-4-3-6-19-14/h14H,2-13H2,1H3. The van der Waals surface area contributed by atoms with E-state index in [2.05, 4.69) is 6.92 Å². The molecule has 19 heavy (non-hydrogen) atoms. The van der Waals surface area contributed by atoms with Crippen LogP contribution < -0.4 is 0 Å². The van der Waals surface area contributed by atoms with Crippen molar-refractivity contribution in [3.05, 3.63) is 0 Å². The molecule has 0 radical (unpaired) electrons. The van der Waals surface area contributed by atoms with E-state index >= 15 is 0 Å². The van der Waals surface area contributed by atoms with E-state index in [1.165, 1.54) is 0 Å². The molecule has 1 atom stereocenters. The third-order valence-corrected chi connectivity index (χ3v) is 2.79. The summed E-state index contributed by atoms with van der Waals surface area (Å²) in [4.78, 5) is 0. The summed E-state index contributed by atoms with van der Waals surface area (Å²) in [7, 11) is 0. The van der Waals surface area contributed by atoms with Crippen molar-refractivity contribution in [2.45, 2.75) is 32.3 Å². The Morgan fingerprint density at radius 1 is 0.842 bits per heavy atom. The van der Waals surface area contributed by atoms with E-state index in [-0.39, 0.29) is 0 Å². The third kappa shape index (κ3) is 10.3. The molecule has 0 aromatic rings. The Kier molecular flexibility index (Phi) is 11.4. The lowest BCUT2D eigenvalue weighted by molar-refractivity contribution is -0.0218. The third-order valence-electron chi connectivity index (χ3n) is 2.79. The first-order valence-electron chi connectivity index (χ1n) is 7.36. The SMILES string of the molecule is CCCOCCOCCOCCOCC1CCCO1. The van der Waals surface area contributed by atoms with Gasteiger partial charge in [0.25, 0.3) is 0 Å². The van der Waals surface area contributed by atoms with Crippen molar-refractivity contribution in [3.63, 3.8) is 0 Å². The maximum Gasteiger partial charge on any atom is 0.0809 e. The van der Waals surface area contributed by atoms with Gasteiger partial charge in [-0.25, -0.2) is 0 Å². The van der Waals surface area contributed by atoms with Gasteiger partial charge in [0.15, 0.2) is 0 Å². The van der Waals surface area contributed by atoms with Crippen molar-refractivity contribution in [1.29, 1.82) is 0 Å². The van der Waals surface area contributed by atoms with E-state index in [0.29, 0.717) is 52.4 Å². The highest BCUT2D eigenvalue weighted by Gasteiger charge is 2.14. The van der Waals surface area contributed by atoms with Gasteiger partial charge >= 0.3 is 0 Å². The monoisotopic (exact) mass is 276 g/mol. The molecule has 1 heterocycles. The predicted molar refractivity (Wildman–Crippen MR) is 72.5 cm³/mol. The predicted octanol–water partition coefficient (Wildman–Crippen LogP) is 1.64. The van der Waals surface area contributed by atoms with Gasteiger partial charge in [-0.05, 0) is 19.3 Å². The van der Waals surface area contributed by atoms with Gasteiger partial charge in [-0.1, -0.05) is 6.92 Å². The number of hydrogen-bond donors (Lipinski definition) is 0. The normalized spacial score (nSPS) is 19.1. The van der Waals surface area contributed by atoms with Crippen LogP contribution in [-0.2, 0) is 23.7 Å². The average molecular weight is 276 g/mol. The Morgan fingerprint density at radius 3 is 1.95 bits per heavy atom. The van der Waals surface area contributed by atoms with Gasteiger partial charge in [0.1, 0.15) is 0 Å². The summed E-state index contributed by atoms with van der Waals surface area (Å²) < 4.78 is 27.0. The van der Waals surface area contributed by atoms with Crippen molar-refractivity contribution in [2.24, 2.45) is 0 Å². The molecule has 5 heteroatoms. The molecule has 5 nitrogen and oxygen atoms in total. The van der Waals surface area contributed by atoms with E-state index in [4.69, 9.17) is 23.7 Å². The van der Waals surface area contributed by atoms with Crippen molar-refractivity contribution in [1.82, 2.24) is 0 Å². The Balaban J connectivity index is 1.67. The maximum atomic E-state index is 5.48. The van der Waals surface area contributed by atoms with Crippen LogP contribution in [0.25, 0.3) is 0 Å². The van der Waals surface area contributed by atoms with Gasteiger partial charge in [0, 0.05) is 13.2 Å². The fraction of sp³-hybridized carbons (Fsp3) is 1.00. The molecule has 0 aliphatic carbocycles. The minimum atomic E-state index is 0.298. The summed E-state index contributed by atoms with van der Waals surface area (Å²) >= 11 is 0. The molecule has 0 saturated carbocycles. The van der Waals surface area contributed by atoms with E-state index in [0.717, 1.165) is 32.5 Å². The molecular weight excluding hydrogens is 248 g/mol. The highest BCUT2D eigenvalue weighted by Crippen LogP contribution is 2.11. The zero-order chi connectivity index (χ0) is 13.6. The highest BCUT2D eigenvalue weighted by molar-refractivity contribution is 4.63. The van der Waals surface area contributed by atoms with E-state index in [1.807, 2.05) is 0 Å². The van der Waals surface area contributed by atoms with Crippen molar-refractivity contribution >= 4 is 0 Å². The van der Waals surface area contributed by atoms with Crippen LogP contribution in [0.15, 0.2) is 0 Å². The Morgan fingerprint density at radius 2 is 1.42 bits per heavy atom. The summed E-state index contributed by atoms with van der Waals surface area (Å²) in [5, 5.41) is 0. The van der Waals surface area contributed by atoms with Gasteiger partial charge in [-0.3, -0.25) is 0 Å². The number of ether oxygens (including phenoxy) is 5. The van der Waals surface area contributed by atoms with Crippen molar-refractivity contribution in [2.75, 3.05) is 59.5 Å². The van der Waals surface area contributed by atoms with E-state index < -0.39 is 0 Å². The molecule has 1 unspecified atom stereocenters. The number of rotatable bonds is 13. The van der Waals surface area contributed by atoms with Crippen molar-refractivity contribution < 1.29 is 23.7 Å². The summed E-state index contributed by atoms with van der Waals surface area (Å²) in [6.07, 6.45) is 3.62. The molecule has 0 N–H and O–H groups in total. The van der Waals surface area contributed by atoms with Crippen LogP contribution in [0.5, 0.6) is 0 Å². The topological polar surface area (TPSA) is 46.2 Å². The second kappa shape index (κ2) is 12.8. The lowest BCUT2D eigenvalue weighted by Gasteiger charge is -2.10. The smallest absolute Gasteiger partial charge is 0.0809 e. The second-order valence-electron chi connectivity index (χ2n) is 4.55. The molecule has 0 aromatic heterocycles. The lowest BCUT2D eigenvalue weighted by atomic mass is 10.2.